The van der Waals surface area contributed by atoms with Crippen LogP contribution in [-0.4, -0.2) is 38.5 Å². The fourth-order valence-electron chi connectivity index (χ4n) is 9.28. The molecule has 3 aromatic carbocycles. The van der Waals surface area contributed by atoms with Gasteiger partial charge in [0.25, 0.3) is 0 Å². The molecule has 5 aliphatic rings. The first-order valence-corrected chi connectivity index (χ1v) is 19.1. The van der Waals surface area contributed by atoms with Crippen molar-refractivity contribution in [2.75, 3.05) is 5.75 Å². The van der Waals surface area contributed by atoms with Crippen molar-refractivity contribution in [1.29, 1.82) is 0 Å². The molecule has 8 nitrogen and oxygen atoms in total. The maximum atomic E-state index is 13.1. The van der Waals surface area contributed by atoms with Gasteiger partial charge in [0.15, 0.2) is 11.4 Å². The minimum atomic E-state index is -0.575. The summed E-state index contributed by atoms with van der Waals surface area (Å²) in [7, 11) is 0. The Morgan fingerprint density at radius 3 is 2.22 bits per heavy atom. The summed E-state index contributed by atoms with van der Waals surface area (Å²) in [5.41, 5.74) is 6.04. The van der Waals surface area contributed by atoms with Crippen LogP contribution < -0.4 is 10.6 Å². The Hall–Kier alpha value is -3.76. The van der Waals surface area contributed by atoms with Crippen molar-refractivity contribution in [1.82, 2.24) is 20.6 Å². The summed E-state index contributed by atoms with van der Waals surface area (Å²) in [6.07, 6.45) is 10.1. The predicted molar refractivity (Wildman–Crippen MR) is 194 cm³/mol. The van der Waals surface area contributed by atoms with Crippen LogP contribution in [0.1, 0.15) is 80.1 Å². The topological polar surface area (TPSA) is 106 Å². The first-order chi connectivity index (χ1) is 24.4. The lowest BCUT2D eigenvalue weighted by atomic mass is 9.53. The number of aliphatic hydroxyl groups excluding tert-OH is 1. The third kappa shape index (κ3) is 7.33. The first-order valence-electron chi connectivity index (χ1n) is 18.1. The van der Waals surface area contributed by atoms with Gasteiger partial charge in [-0.1, -0.05) is 79.3 Å². The number of nitrogens with zero attached hydrogens (tertiary/aromatic N) is 2. The number of thioether (sulfide) groups is 1. The molecule has 4 aliphatic carbocycles. The third-order valence-electron chi connectivity index (χ3n) is 11.3. The minimum Gasteiger partial charge on any atom is -0.392 e. The van der Waals surface area contributed by atoms with E-state index in [0.29, 0.717) is 12.3 Å². The van der Waals surface area contributed by atoms with Crippen molar-refractivity contribution in [3.05, 3.63) is 114 Å². The summed E-state index contributed by atoms with van der Waals surface area (Å²) in [4.78, 5) is 21.9. The second-order valence-electron chi connectivity index (χ2n) is 15.0. The highest BCUT2D eigenvalue weighted by Crippen LogP contribution is 2.55. The molecule has 9 heteroatoms. The Morgan fingerprint density at radius 1 is 0.840 bits per heavy atom. The smallest absolute Gasteiger partial charge is 0.315 e. The summed E-state index contributed by atoms with van der Waals surface area (Å²) in [5, 5.41) is 16.9. The second-order valence-corrected chi connectivity index (χ2v) is 16.0. The van der Waals surface area contributed by atoms with Crippen molar-refractivity contribution in [3.63, 3.8) is 0 Å². The number of carbonyl (C=O) groups excluding carboxylic acids is 1. The van der Waals surface area contributed by atoms with Crippen molar-refractivity contribution < 1.29 is 19.4 Å². The van der Waals surface area contributed by atoms with Gasteiger partial charge in [-0.15, -0.1) is 0 Å². The SMILES string of the molecule is C[C@H]1[C@@H](CSc2ncccn2)O[C@@H](c2cccc(-c3cccc(CNC(=O)NC45CC6CC(CC(C6)C4)C5)c3)c2)O[C@H]1c1ccc(CO)cc1. The summed E-state index contributed by atoms with van der Waals surface area (Å²) >= 11 is 1.58. The van der Waals surface area contributed by atoms with E-state index in [1.54, 1.807) is 24.2 Å². The van der Waals surface area contributed by atoms with Gasteiger partial charge in [0.2, 0.25) is 0 Å². The summed E-state index contributed by atoms with van der Waals surface area (Å²) in [5.74, 6) is 3.12. The van der Waals surface area contributed by atoms with E-state index in [9.17, 15) is 9.90 Å². The zero-order chi connectivity index (χ0) is 34.1. The molecule has 3 N–H and O–H groups in total. The number of amides is 2. The van der Waals surface area contributed by atoms with E-state index in [1.807, 2.05) is 36.4 Å². The Kier molecular flexibility index (Phi) is 9.66. The van der Waals surface area contributed by atoms with Gasteiger partial charge in [-0.05, 0) is 102 Å². The molecule has 50 heavy (non-hydrogen) atoms. The lowest BCUT2D eigenvalue weighted by Crippen LogP contribution is -2.61. The number of carbonyl (C=O) groups is 1. The van der Waals surface area contributed by atoms with Gasteiger partial charge in [-0.2, -0.15) is 0 Å². The number of aromatic nitrogens is 2. The highest BCUT2D eigenvalue weighted by Gasteiger charge is 2.51. The summed E-state index contributed by atoms with van der Waals surface area (Å²) < 4.78 is 13.4. The van der Waals surface area contributed by atoms with Gasteiger partial charge in [0.1, 0.15) is 0 Å². The lowest BCUT2D eigenvalue weighted by molar-refractivity contribution is -0.268. The summed E-state index contributed by atoms with van der Waals surface area (Å²) in [6.45, 7) is 2.64. The minimum absolute atomic E-state index is 0.00251. The van der Waals surface area contributed by atoms with Crippen molar-refractivity contribution in [3.8, 4) is 11.1 Å². The number of hydrogen-bond donors (Lipinski definition) is 3. The molecule has 0 unspecified atom stereocenters. The molecule has 5 fully saturated rings. The monoisotopic (exact) mass is 690 g/mol. The Balaban J connectivity index is 0.966. The Labute approximate surface area is 298 Å². The number of benzene rings is 3. The van der Waals surface area contributed by atoms with Crippen LogP contribution in [0.5, 0.6) is 0 Å². The van der Waals surface area contributed by atoms with Crippen LogP contribution in [0.2, 0.25) is 0 Å². The van der Waals surface area contributed by atoms with E-state index in [2.05, 4.69) is 70.0 Å². The molecule has 1 aromatic heterocycles. The van der Waals surface area contributed by atoms with Gasteiger partial charge >= 0.3 is 6.03 Å². The zero-order valence-corrected chi connectivity index (χ0v) is 29.4. The van der Waals surface area contributed by atoms with Crippen LogP contribution in [0.15, 0.2) is 96.4 Å². The molecule has 260 valence electrons. The maximum absolute atomic E-state index is 13.1. The molecule has 0 spiro atoms. The first kappa shape index (κ1) is 33.4. The standard InChI is InChI=1S/C41H46N4O4S/c1-26-36(25-50-40-42-13-4-14-43-40)48-38(49-37(26)32-11-9-27(24-46)10-12-32)35-8-3-7-34(19-35)33-6-2-5-28(18-33)23-44-39(47)45-41-20-29-15-30(21-41)17-31(16-29)22-41/h2-14,18-19,26,29-31,36-38,46H,15-17,20-25H2,1H3,(H2,44,45,47)/t26-,29?,30?,31?,36+,37+,38+,41?/m0/s1. The van der Waals surface area contributed by atoms with Crippen LogP contribution in [0, 0.1) is 23.7 Å². The highest BCUT2D eigenvalue weighted by molar-refractivity contribution is 7.99. The molecule has 2 heterocycles. The molecule has 4 atom stereocenters. The van der Waals surface area contributed by atoms with Gasteiger partial charge in [-0.3, -0.25) is 0 Å². The normalized spacial score (nSPS) is 29.8. The van der Waals surface area contributed by atoms with Crippen molar-refractivity contribution >= 4 is 17.8 Å². The van der Waals surface area contributed by atoms with E-state index in [0.717, 1.165) is 75.6 Å². The average molecular weight is 691 g/mol. The van der Waals surface area contributed by atoms with Gasteiger partial charge in [0.05, 0.1) is 18.8 Å². The molecular weight excluding hydrogens is 645 g/mol. The molecule has 2 amide bonds. The number of urea groups is 1. The van der Waals surface area contributed by atoms with Crippen LogP contribution in [0.4, 0.5) is 4.79 Å². The van der Waals surface area contributed by atoms with Crippen LogP contribution in [-0.2, 0) is 22.6 Å². The number of ether oxygens (including phenoxy) is 2. The Bertz CT molecular complexity index is 1750. The van der Waals surface area contributed by atoms with Crippen LogP contribution in [0.3, 0.4) is 0 Å². The van der Waals surface area contributed by atoms with Crippen molar-refractivity contribution in [2.24, 2.45) is 23.7 Å². The average Bonchev–Trinajstić information content (AvgIpc) is 3.13. The van der Waals surface area contributed by atoms with E-state index >= 15 is 0 Å². The molecule has 9 rings (SSSR count). The number of rotatable bonds is 10. The van der Waals surface area contributed by atoms with Gasteiger partial charge in [0, 0.05) is 41.7 Å². The number of hydrogen-bond acceptors (Lipinski definition) is 7. The third-order valence-corrected chi connectivity index (χ3v) is 12.3. The fourth-order valence-corrected chi connectivity index (χ4v) is 10.2. The molecular formula is C41H46N4O4S. The van der Waals surface area contributed by atoms with Crippen LogP contribution in [0.25, 0.3) is 11.1 Å². The molecule has 0 radical (unpaired) electrons. The molecule has 1 saturated heterocycles. The zero-order valence-electron chi connectivity index (χ0n) is 28.5. The molecule has 4 aromatic rings. The van der Waals surface area contributed by atoms with Crippen molar-refractivity contribution in [2.45, 2.75) is 87.8 Å². The molecule has 1 aliphatic heterocycles. The number of nitrogens with one attached hydrogen (secondary N) is 2. The van der Waals surface area contributed by atoms with E-state index in [1.165, 1.54) is 19.3 Å². The van der Waals surface area contributed by atoms with E-state index in [4.69, 9.17) is 9.47 Å². The van der Waals surface area contributed by atoms with Gasteiger partial charge in [-0.25, -0.2) is 14.8 Å². The second kappa shape index (κ2) is 14.5. The fraction of sp³-hybridized carbons (Fsp3) is 0.439. The van der Waals surface area contributed by atoms with E-state index in [-0.39, 0.29) is 36.3 Å². The number of aliphatic hydroxyl groups is 1. The largest absolute Gasteiger partial charge is 0.392 e. The van der Waals surface area contributed by atoms with Crippen LogP contribution >= 0.6 is 11.8 Å². The highest BCUT2D eigenvalue weighted by atomic mass is 32.2. The van der Waals surface area contributed by atoms with E-state index < -0.39 is 6.29 Å². The molecule has 4 saturated carbocycles. The maximum Gasteiger partial charge on any atom is 0.315 e. The predicted octanol–water partition coefficient (Wildman–Crippen LogP) is 7.99. The quantitative estimate of drug-likeness (QED) is 0.114. The molecule has 4 bridgehead atoms. The Morgan fingerprint density at radius 2 is 1.52 bits per heavy atom. The lowest BCUT2D eigenvalue weighted by Gasteiger charge is -2.56. The van der Waals surface area contributed by atoms with Gasteiger partial charge < -0.3 is 25.2 Å². The summed E-state index contributed by atoms with van der Waals surface area (Å²) in [6, 6.07) is 26.5.